The van der Waals surface area contributed by atoms with E-state index < -0.39 is 11.6 Å². The van der Waals surface area contributed by atoms with Crippen molar-refractivity contribution in [3.8, 4) is 5.75 Å². The van der Waals surface area contributed by atoms with Crippen molar-refractivity contribution >= 4 is 0 Å². The molecule has 0 saturated carbocycles. The largest absolute Gasteiger partial charge is 0.488 e. The molecule has 1 heterocycles. The smallest absolute Gasteiger partial charge is 0.167 e. The summed E-state index contributed by atoms with van der Waals surface area (Å²) in [6, 6.07) is 3.32. The number of hydrogen-bond donors (Lipinski definition) is 1. The summed E-state index contributed by atoms with van der Waals surface area (Å²) in [7, 11) is 0. The summed E-state index contributed by atoms with van der Waals surface area (Å²) >= 11 is 0. The highest BCUT2D eigenvalue weighted by Gasteiger charge is 2.25. The number of benzene rings is 1. The van der Waals surface area contributed by atoms with Gasteiger partial charge in [-0.3, -0.25) is 0 Å². The molecule has 1 aliphatic heterocycles. The first-order chi connectivity index (χ1) is 10.0. The summed E-state index contributed by atoms with van der Waals surface area (Å²) in [4.78, 5) is 0. The third-order valence-corrected chi connectivity index (χ3v) is 3.44. The van der Waals surface area contributed by atoms with Crippen LogP contribution < -0.4 is 10.1 Å². The van der Waals surface area contributed by atoms with Crippen LogP contribution >= 0.6 is 0 Å². The molecule has 0 aliphatic carbocycles. The second-order valence-electron chi connectivity index (χ2n) is 5.90. The van der Waals surface area contributed by atoms with E-state index >= 15 is 0 Å². The van der Waals surface area contributed by atoms with Crippen molar-refractivity contribution in [2.75, 3.05) is 19.7 Å². The zero-order valence-corrected chi connectivity index (χ0v) is 12.6. The highest BCUT2D eigenvalue weighted by Crippen LogP contribution is 2.22. The minimum absolute atomic E-state index is 0.0275. The quantitative estimate of drug-likeness (QED) is 0.839. The molecule has 1 aliphatic rings. The third kappa shape index (κ3) is 5.25. The fraction of sp³-hybridized carbons (Fsp3) is 0.625. The van der Waals surface area contributed by atoms with Crippen molar-refractivity contribution in [1.82, 2.24) is 5.32 Å². The van der Waals surface area contributed by atoms with E-state index in [9.17, 15) is 8.78 Å². The van der Waals surface area contributed by atoms with Crippen LogP contribution in [0.3, 0.4) is 0 Å². The summed E-state index contributed by atoms with van der Waals surface area (Å²) < 4.78 is 37.4. The molecule has 0 aromatic heterocycles. The predicted octanol–water partition coefficient (Wildman–Crippen LogP) is 3.14. The van der Waals surface area contributed by atoms with Gasteiger partial charge in [-0.05, 0) is 37.4 Å². The molecule has 2 unspecified atom stereocenters. The van der Waals surface area contributed by atoms with Crippen LogP contribution in [0.15, 0.2) is 18.2 Å². The molecule has 1 aromatic carbocycles. The van der Waals surface area contributed by atoms with E-state index in [0.717, 1.165) is 32.0 Å². The second-order valence-corrected chi connectivity index (χ2v) is 5.90. The molecular weight excluding hydrogens is 276 g/mol. The topological polar surface area (TPSA) is 30.5 Å². The molecule has 1 aromatic rings. The van der Waals surface area contributed by atoms with Crippen LogP contribution in [0.2, 0.25) is 0 Å². The van der Waals surface area contributed by atoms with Gasteiger partial charge in [-0.2, -0.15) is 0 Å². The molecule has 5 heteroatoms. The summed E-state index contributed by atoms with van der Waals surface area (Å²) in [5.41, 5.74) is 0. The van der Waals surface area contributed by atoms with Gasteiger partial charge in [0.1, 0.15) is 12.4 Å². The zero-order valence-electron chi connectivity index (χ0n) is 12.6. The lowest BCUT2D eigenvalue weighted by molar-refractivity contribution is 0.0176. The Morgan fingerprint density at radius 1 is 1.29 bits per heavy atom. The van der Waals surface area contributed by atoms with E-state index in [1.807, 2.05) is 0 Å². The first kappa shape index (κ1) is 16.2. The Labute approximate surface area is 124 Å². The Hall–Kier alpha value is -1.20. The van der Waals surface area contributed by atoms with Gasteiger partial charge in [0.15, 0.2) is 11.6 Å². The monoisotopic (exact) mass is 299 g/mol. The Morgan fingerprint density at radius 3 is 2.76 bits per heavy atom. The van der Waals surface area contributed by atoms with Crippen molar-refractivity contribution in [2.24, 2.45) is 5.92 Å². The van der Waals surface area contributed by atoms with Crippen LogP contribution in [0.25, 0.3) is 0 Å². The van der Waals surface area contributed by atoms with Crippen LogP contribution in [-0.2, 0) is 4.74 Å². The Kier molecular flexibility index (Phi) is 5.94. The van der Waals surface area contributed by atoms with Gasteiger partial charge < -0.3 is 14.8 Å². The first-order valence-electron chi connectivity index (χ1n) is 7.48. The number of ether oxygens (including phenoxy) is 2. The van der Waals surface area contributed by atoms with Gasteiger partial charge in [-0.25, -0.2) is 8.78 Å². The van der Waals surface area contributed by atoms with E-state index in [0.29, 0.717) is 12.5 Å². The van der Waals surface area contributed by atoms with E-state index in [1.165, 1.54) is 12.1 Å². The average Bonchev–Trinajstić information content (AvgIpc) is 2.85. The van der Waals surface area contributed by atoms with E-state index in [1.54, 1.807) is 0 Å². The highest BCUT2D eigenvalue weighted by molar-refractivity contribution is 5.24. The van der Waals surface area contributed by atoms with Gasteiger partial charge >= 0.3 is 0 Å². The van der Waals surface area contributed by atoms with Gasteiger partial charge in [0, 0.05) is 12.6 Å². The Bertz CT molecular complexity index is 454. The lowest BCUT2D eigenvalue weighted by atomic mass is 10.2. The zero-order chi connectivity index (χ0) is 15.2. The van der Waals surface area contributed by atoms with Crippen LogP contribution in [0.5, 0.6) is 5.75 Å². The second kappa shape index (κ2) is 7.71. The van der Waals surface area contributed by atoms with Crippen molar-refractivity contribution in [3.05, 3.63) is 29.8 Å². The Balaban J connectivity index is 1.70. The molecule has 0 radical (unpaired) electrons. The van der Waals surface area contributed by atoms with Gasteiger partial charge in [0.25, 0.3) is 0 Å². The van der Waals surface area contributed by atoms with E-state index in [-0.39, 0.29) is 18.0 Å². The summed E-state index contributed by atoms with van der Waals surface area (Å²) in [5.74, 6) is -0.593. The number of hydrogen-bond acceptors (Lipinski definition) is 3. The maximum absolute atomic E-state index is 13.4. The van der Waals surface area contributed by atoms with Crippen molar-refractivity contribution < 1.29 is 18.3 Å². The van der Waals surface area contributed by atoms with Gasteiger partial charge in [-0.15, -0.1) is 0 Å². The average molecular weight is 299 g/mol. The molecular formula is C16H23F2NO2. The molecule has 0 amide bonds. The van der Waals surface area contributed by atoms with Gasteiger partial charge in [0.05, 0.1) is 12.2 Å². The van der Waals surface area contributed by atoms with Crippen LogP contribution in [0.4, 0.5) is 8.78 Å². The normalized spacial score (nSPS) is 22.0. The lowest BCUT2D eigenvalue weighted by Crippen LogP contribution is -2.30. The first-order valence-corrected chi connectivity index (χ1v) is 7.48. The lowest BCUT2D eigenvalue weighted by Gasteiger charge is -2.16. The molecule has 3 nitrogen and oxygen atoms in total. The minimum atomic E-state index is -0.678. The van der Waals surface area contributed by atoms with Crippen molar-refractivity contribution in [2.45, 2.75) is 38.9 Å². The standard InChI is InChI=1S/C16H23F2NO2/c1-11(2)8-19-9-13-4-5-14(21-13)10-20-16-6-3-12(17)7-15(16)18/h3,6-7,11,13-14,19H,4-5,8-10H2,1-2H3. The number of rotatable bonds is 7. The SMILES string of the molecule is CC(C)CNCC1CCC(COc2ccc(F)cc2F)O1. The fourth-order valence-electron chi connectivity index (χ4n) is 2.36. The van der Waals surface area contributed by atoms with Gasteiger partial charge in [0.2, 0.25) is 0 Å². The molecule has 0 bridgehead atoms. The molecule has 0 spiro atoms. The fourth-order valence-corrected chi connectivity index (χ4v) is 2.36. The predicted molar refractivity (Wildman–Crippen MR) is 77.5 cm³/mol. The van der Waals surface area contributed by atoms with E-state index in [4.69, 9.17) is 9.47 Å². The Morgan fingerprint density at radius 2 is 2.05 bits per heavy atom. The van der Waals surface area contributed by atoms with Crippen LogP contribution in [-0.4, -0.2) is 31.9 Å². The van der Waals surface area contributed by atoms with Crippen molar-refractivity contribution in [1.29, 1.82) is 0 Å². The van der Waals surface area contributed by atoms with Crippen LogP contribution in [0, 0.1) is 17.6 Å². The van der Waals surface area contributed by atoms with Crippen LogP contribution in [0.1, 0.15) is 26.7 Å². The molecule has 21 heavy (non-hydrogen) atoms. The molecule has 1 saturated heterocycles. The summed E-state index contributed by atoms with van der Waals surface area (Å²) in [5, 5.41) is 3.37. The number of halogens is 2. The molecule has 1 fully saturated rings. The molecule has 1 N–H and O–H groups in total. The molecule has 2 atom stereocenters. The minimum Gasteiger partial charge on any atom is -0.488 e. The maximum Gasteiger partial charge on any atom is 0.167 e. The third-order valence-electron chi connectivity index (χ3n) is 3.44. The molecule has 2 rings (SSSR count). The summed E-state index contributed by atoms with van der Waals surface area (Å²) in [6.45, 7) is 6.43. The maximum atomic E-state index is 13.4. The van der Waals surface area contributed by atoms with Crippen molar-refractivity contribution in [3.63, 3.8) is 0 Å². The molecule has 118 valence electrons. The van der Waals surface area contributed by atoms with Gasteiger partial charge in [-0.1, -0.05) is 13.8 Å². The number of nitrogens with one attached hydrogen (secondary N) is 1. The highest BCUT2D eigenvalue weighted by atomic mass is 19.1. The van der Waals surface area contributed by atoms with E-state index in [2.05, 4.69) is 19.2 Å². The summed E-state index contributed by atoms with van der Waals surface area (Å²) in [6.07, 6.45) is 2.04.